The maximum absolute atomic E-state index is 13.0. The van der Waals surface area contributed by atoms with E-state index in [0.29, 0.717) is 6.42 Å². The molecular weight excluding hydrogens is 434 g/mol. The van der Waals surface area contributed by atoms with Gasteiger partial charge in [0.2, 0.25) is 0 Å². The van der Waals surface area contributed by atoms with E-state index in [-0.39, 0.29) is 24.1 Å². The molecule has 3 aromatic rings. The molecule has 26 heavy (non-hydrogen) atoms. The molecule has 4 heterocycles. The number of rotatable bonds is 4. The molecule has 0 spiro atoms. The molecule has 5 nitrogen and oxygen atoms in total. The van der Waals surface area contributed by atoms with Crippen molar-refractivity contribution in [3.63, 3.8) is 0 Å². The normalized spacial score (nSPS) is 16.7. The summed E-state index contributed by atoms with van der Waals surface area (Å²) in [5, 5.41) is 10.1. The van der Waals surface area contributed by atoms with Crippen LogP contribution in [-0.4, -0.2) is 21.2 Å². The first-order valence-corrected chi connectivity index (χ1v) is 10.5. The van der Waals surface area contributed by atoms with Crippen molar-refractivity contribution in [1.82, 2.24) is 9.58 Å². The van der Waals surface area contributed by atoms with Crippen LogP contribution in [0.25, 0.3) is 0 Å². The molecule has 0 bridgehead atoms. The van der Waals surface area contributed by atoms with Crippen LogP contribution >= 0.6 is 38.6 Å². The minimum absolute atomic E-state index is 0.0403. The lowest BCUT2D eigenvalue weighted by atomic mass is 10.1. The summed E-state index contributed by atoms with van der Waals surface area (Å²) in [5.41, 5.74) is 0.698. The highest BCUT2D eigenvalue weighted by atomic mass is 79.9. The van der Waals surface area contributed by atoms with E-state index < -0.39 is 0 Å². The molecule has 0 saturated carbocycles. The molecule has 0 N–H and O–H groups in total. The Morgan fingerprint density at radius 3 is 2.73 bits per heavy atom. The van der Waals surface area contributed by atoms with Crippen LogP contribution in [0.15, 0.2) is 67.7 Å². The Kier molecular flexibility index (Phi) is 4.88. The second-order valence-corrected chi connectivity index (χ2v) is 8.65. The van der Waals surface area contributed by atoms with Crippen LogP contribution in [0.3, 0.4) is 0 Å². The fraction of sp³-hybridized carbons (Fsp3) is 0.167. The van der Waals surface area contributed by atoms with Crippen LogP contribution in [0.5, 0.6) is 0 Å². The van der Waals surface area contributed by atoms with E-state index >= 15 is 0 Å². The Morgan fingerprint density at radius 2 is 2.00 bits per heavy atom. The molecule has 4 rings (SSSR count). The van der Waals surface area contributed by atoms with Crippen LogP contribution < -0.4 is 5.56 Å². The molecular formula is C18H14BrN3O2S2. The Balaban J connectivity index is 1.65. The molecule has 8 heteroatoms. The van der Waals surface area contributed by atoms with Gasteiger partial charge in [-0.2, -0.15) is 5.10 Å². The average molecular weight is 448 g/mol. The van der Waals surface area contributed by atoms with Crippen molar-refractivity contribution in [2.24, 2.45) is 5.10 Å². The van der Waals surface area contributed by atoms with Gasteiger partial charge in [-0.15, -0.1) is 22.7 Å². The first-order chi connectivity index (χ1) is 12.6. The quantitative estimate of drug-likeness (QED) is 0.603. The molecule has 0 saturated heterocycles. The van der Waals surface area contributed by atoms with Crippen molar-refractivity contribution in [2.75, 3.05) is 0 Å². The summed E-state index contributed by atoms with van der Waals surface area (Å²) >= 11 is 6.57. The first-order valence-electron chi connectivity index (χ1n) is 7.94. The van der Waals surface area contributed by atoms with E-state index in [2.05, 4.69) is 21.0 Å². The van der Waals surface area contributed by atoms with Gasteiger partial charge in [0.15, 0.2) is 0 Å². The molecule has 1 aliphatic heterocycles. The second kappa shape index (κ2) is 7.30. The number of nitrogens with zero attached hydrogens (tertiary/aromatic N) is 3. The van der Waals surface area contributed by atoms with Gasteiger partial charge in [-0.05, 0) is 44.9 Å². The predicted molar refractivity (Wildman–Crippen MR) is 108 cm³/mol. The van der Waals surface area contributed by atoms with E-state index in [1.54, 1.807) is 34.9 Å². The minimum atomic E-state index is -0.212. The van der Waals surface area contributed by atoms with E-state index in [4.69, 9.17) is 0 Å². The number of hydrogen-bond donors (Lipinski definition) is 0. The van der Waals surface area contributed by atoms with Crippen molar-refractivity contribution in [3.05, 3.63) is 77.9 Å². The van der Waals surface area contributed by atoms with Crippen molar-refractivity contribution in [2.45, 2.75) is 19.0 Å². The minimum Gasteiger partial charge on any atom is -0.305 e. The summed E-state index contributed by atoms with van der Waals surface area (Å²) in [6.45, 7) is -0.0403. The predicted octanol–water partition coefficient (Wildman–Crippen LogP) is 4.11. The molecule has 0 fully saturated rings. The number of hydrazone groups is 1. The largest absolute Gasteiger partial charge is 0.305 e. The summed E-state index contributed by atoms with van der Waals surface area (Å²) in [6, 6.07) is 11.0. The standard InChI is InChI=1S/C18H14BrN3O2S2/c19-12-5-6-17(23)21(10-12)11-18(24)22-14(16-4-2-8-26-16)9-13(20-22)15-3-1-7-25-15/h1-8,10,14H,9,11H2. The van der Waals surface area contributed by atoms with Crippen LogP contribution in [0.2, 0.25) is 0 Å². The zero-order chi connectivity index (χ0) is 18.1. The molecule has 1 aliphatic rings. The summed E-state index contributed by atoms with van der Waals surface area (Å²) in [7, 11) is 0. The lowest BCUT2D eigenvalue weighted by Crippen LogP contribution is -2.33. The topological polar surface area (TPSA) is 54.7 Å². The highest BCUT2D eigenvalue weighted by Crippen LogP contribution is 2.36. The van der Waals surface area contributed by atoms with Crippen LogP contribution in [0.4, 0.5) is 0 Å². The lowest BCUT2D eigenvalue weighted by Gasteiger charge is -2.21. The first kappa shape index (κ1) is 17.4. The number of carbonyl (C=O) groups is 1. The molecule has 0 aromatic carbocycles. The summed E-state index contributed by atoms with van der Waals surface area (Å²) in [5.74, 6) is -0.199. The van der Waals surface area contributed by atoms with Gasteiger partial charge >= 0.3 is 0 Å². The molecule has 0 radical (unpaired) electrons. The Labute approximate surface area is 166 Å². The SMILES string of the molecule is O=C(Cn1cc(Br)ccc1=O)N1N=C(c2cccs2)CC1c1cccs1. The van der Waals surface area contributed by atoms with Crippen molar-refractivity contribution >= 4 is 50.2 Å². The molecule has 3 aromatic heterocycles. The number of thiophene rings is 2. The summed E-state index contributed by atoms with van der Waals surface area (Å²) in [4.78, 5) is 27.1. The van der Waals surface area contributed by atoms with Gasteiger partial charge in [0, 0.05) is 28.0 Å². The van der Waals surface area contributed by atoms with E-state index in [1.807, 2.05) is 35.0 Å². The Bertz CT molecular complexity index is 1010. The molecule has 1 unspecified atom stereocenters. The van der Waals surface area contributed by atoms with Crippen molar-refractivity contribution in [3.8, 4) is 0 Å². The van der Waals surface area contributed by atoms with Gasteiger partial charge in [0.1, 0.15) is 6.54 Å². The second-order valence-electron chi connectivity index (χ2n) is 5.81. The van der Waals surface area contributed by atoms with Gasteiger partial charge in [-0.25, -0.2) is 5.01 Å². The van der Waals surface area contributed by atoms with E-state index in [9.17, 15) is 9.59 Å². The molecule has 132 valence electrons. The Morgan fingerprint density at radius 1 is 1.19 bits per heavy atom. The van der Waals surface area contributed by atoms with Gasteiger partial charge in [-0.1, -0.05) is 12.1 Å². The number of pyridine rings is 1. The van der Waals surface area contributed by atoms with E-state index in [0.717, 1.165) is 19.9 Å². The molecule has 1 atom stereocenters. The fourth-order valence-electron chi connectivity index (χ4n) is 2.88. The average Bonchev–Trinajstić information content (AvgIpc) is 3.38. The lowest BCUT2D eigenvalue weighted by molar-refractivity contribution is -0.133. The Hall–Kier alpha value is -2.03. The summed E-state index contributed by atoms with van der Waals surface area (Å²) in [6.07, 6.45) is 2.31. The smallest absolute Gasteiger partial charge is 0.263 e. The van der Waals surface area contributed by atoms with Gasteiger partial charge in [0.05, 0.1) is 16.6 Å². The van der Waals surface area contributed by atoms with E-state index in [1.165, 1.54) is 15.6 Å². The number of aromatic nitrogens is 1. The number of carbonyl (C=O) groups excluding carboxylic acids is 1. The highest BCUT2D eigenvalue weighted by Gasteiger charge is 2.34. The third-order valence-corrected chi connectivity index (χ3v) is 6.46. The third kappa shape index (κ3) is 3.44. The summed E-state index contributed by atoms with van der Waals surface area (Å²) < 4.78 is 2.15. The molecule has 0 aliphatic carbocycles. The fourth-order valence-corrected chi connectivity index (χ4v) is 4.79. The van der Waals surface area contributed by atoms with Crippen LogP contribution in [0.1, 0.15) is 22.2 Å². The van der Waals surface area contributed by atoms with Crippen LogP contribution in [-0.2, 0) is 11.3 Å². The van der Waals surface area contributed by atoms with Crippen LogP contribution in [0, 0.1) is 0 Å². The number of halogens is 1. The monoisotopic (exact) mass is 447 g/mol. The van der Waals surface area contributed by atoms with Crippen molar-refractivity contribution in [1.29, 1.82) is 0 Å². The van der Waals surface area contributed by atoms with Gasteiger partial charge in [0.25, 0.3) is 11.5 Å². The van der Waals surface area contributed by atoms with Crippen molar-refractivity contribution < 1.29 is 4.79 Å². The number of amides is 1. The third-order valence-electron chi connectivity index (χ3n) is 4.10. The maximum atomic E-state index is 13.0. The zero-order valence-electron chi connectivity index (χ0n) is 13.5. The van der Waals surface area contributed by atoms with Gasteiger partial charge < -0.3 is 4.57 Å². The van der Waals surface area contributed by atoms with Gasteiger partial charge in [-0.3, -0.25) is 9.59 Å². The highest BCUT2D eigenvalue weighted by molar-refractivity contribution is 9.10. The maximum Gasteiger partial charge on any atom is 0.263 e. The number of hydrogen-bond acceptors (Lipinski definition) is 5. The molecule has 1 amide bonds. The zero-order valence-corrected chi connectivity index (χ0v) is 16.8.